The Labute approximate surface area is 360 Å². The van der Waals surface area contributed by atoms with E-state index in [1.807, 2.05) is 66.8 Å². The topological polar surface area (TPSA) is 60.6 Å². The molecule has 5 heterocycles. The molecule has 2 N–H and O–H groups in total. The Kier molecular flexibility index (Phi) is 12.8. The second-order valence-electron chi connectivity index (χ2n) is 13.7. The molecule has 8 aromatic rings. The third kappa shape index (κ3) is 9.37. The van der Waals surface area contributed by atoms with Gasteiger partial charge in [0, 0.05) is 39.1 Å². The molecule has 58 heavy (non-hydrogen) atoms. The van der Waals surface area contributed by atoms with Crippen LogP contribution in [0.2, 0.25) is 0 Å². The summed E-state index contributed by atoms with van der Waals surface area (Å²) in [6.07, 6.45) is 9.19. The van der Waals surface area contributed by atoms with Gasteiger partial charge in [-0.1, -0.05) is 103 Å². The van der Waals surface area contributed by atoms with E-state index in [-0.39, 0.29) is 34.9 Å². The number of anilines is 3. The van der Waals surface area contributed by atoms with Gasteiger partial charge in [0.15, 0.2) is 0 Å². The van der Waals surface area contributed by atoms with E-state index in [0.29, 0.717) is 0 Å². The Hall–Kier alpha value is -6.48. The Morgan fingerprint density at radius 2 is 0.655 bits per heavy atom. The molecule has 0 unspecified atom stereocenters. The number of aromatic nitrogens is 4. The van der Waals surface area contributed by atoms with Crippen LogP contribution in [-0.4, -0.2) is 54.8 Å². The molecule has 0 atom stereocenters. The van der Waals surface area contributed by atoms with Crippen LogP contribution in [0.25, 0.3) is 57.5 Å². The number of rotatable bonds is 3. The minimum atomic E-state index is 0. The molecule has 11 rings (SSSR count). The molecule has 2 aliphatic heterocycles. The zero-order valence-electron chi connectivity index (χ0n) is 31.5. The van der Waals surface area contributed by atoms with Crippen LogP contribution in [0.5, 0.6) is 0 Å². The molecule has 5 aromatic carbocycles. The van der Waals surface area contributed by atoms with Gasteiger partial charge in [-0.15, -0.1) is 0 Å². The van der Waals surface area contributed by atoms with Gasteiger partial charge in [0.05, 0.1) is 22.8 Å². The Balaban J connectivity index is 0.000000136. The van der Waals surface area contributed by atoms with Gasteiger partial charge in [-0.3, -0.25) is 0 Å². The van der Waals surface area contributed by atoms with Crippen molar-refractivity contribution in [3.8, 4) is 11.1 Å². The largest absolute Gasteiger partial charge is 0.311 e. The van der Waals surface area contributed by atoms with E-state index in [9.17, 15) is 0 Å². The maximum Gasteiger partial charge on any atom is 0.0461 e. The predicted molar refractivity (Wildman–Crippen MR) is 255 cm³/mol. The summed E-state index contributed by atoms with van der Waals surface area (Å²) in [5.74, 6) is 0. The van der Waals surface area contributed by atoms with Crippen molar-refractivity contribution >= 4 is 98.3 Å². The van der Waals surface area contributed by atoms with Gasteiger partial charge >= 0.3 is 23.9 Å². The zero-order valence-corrected chi connectivity index (χ0v) is 35.5. The van der Waals surface area contributed by atoms with Crippen LogP contribution in [0.4, 0.5) is 17.1 Å². The number of nitrogens with one attached hydrogen (secondary N) is 2. The summed E-state index contributed by atoms with van der Waals surface area (Å²) >= 11 is 0. The van der Waals surface area contributed by atoms with E-state index in [1.165, 1.54) is 39.3 Å². The van der Waals surface area contributed by atoms with Crippen LogP contribution in [0.15, 0.2) is 188 Å². The average Bonchev–Trinajstić information content (AvgIpc) is 4.11. The zero-order chi connectivity index (χ0) is 37.5. The minimum absolute atomic E-state index is 0. The molecule has 3 aromatic heterocycles. The van der Waals surface area contributed by atoms with Gasteiger partial charge in [-0.05, 0) is 149 Å². The second kappa shape index (κ2) is 18.6. The van der Waals surface area contributed by atoms with Gasteiger partial charge in [0.25, 0.3) is 0 Å². The Morgan fingerprint density at radius 1 is 0.362 bits per heavy atom. The van der Waals surface area contributed by atoms with Crippen LogP contribution >= 0.6 is 0 Å². The SMILES string of the molecule is C1=Cc2cc3ccc(cc4nc(cc5ccc(cc1n2)[nH]5)C=C4)[nH]3.[SiH4].[SnH2].c1ccc(N(c2ccccc2)c2ccccc2)cc1.c1ccc2c(c1)Cc1ccccc1-2. The molecular formula is C51H45N5SiSn. The number of H-pyrrole nitrogens is 2. The van der Waals surface area contributed by atoms with Crippen LogP contribution in [0, 0.1) is 0 Å². The standard InChI is InChI=1S/C20H14N4.C18H15N.C13H10.H4Si.Sn.2H/c1-2-14-10-16-5-6-18(23-16)12-20-8-7-19(24-20)11-17-4-3-15(22-17)9-13(1)21-14;1-4-10-16(11-5-1)19(17-12-6-2-7-13-17)18-14-8-3-9-15-18;1-3-7-12-10(5-1)9-11-6-2-4-8-13(11)12;;;;/h1-12,21,24H;1-15H;1-8H,9H2;1H4;;;. The van der Waals surface area contributed by atoms with Crippen molar-refractivity contribution < 1.29 is 0 Å². The minimum Gasteiger partial charge on any atom is -0.311 e. The van der Waals surface area contributed by atoms with Gasteiger partial charge in [0.2, 0.25) is 0 Å². The number of para-hydroxylation sites is 3. The van der Waals surface area contributed by atoms with Crippen LogP contribution < -0.4 is 4.90 Å². The van der Waals surface area contributed by atoms with E-state index >= 15 is 0 Å². The van der Waals surface area contributed by atoms with Gasteiger partial charge in [0.1, 0.15) is 0 Å². The van der Waals surface area contributed by atoms with Crippen LogP contribution in [0.1, 0.15) is 33.9 Å². The normalized spacial score (nSPS) is 11.3. The average molecular weight is 875 g/mol. The summed E-state index contributed by atoms with van der Waals surface area (Å²) in [5.41, 5.74) is 17.1. The monoisotopic (exact) mass is 875 g/mol. The van der Waals surface area contributed by atoms with E-state index < -0.39 is 0 Å². The van der Waals surface area contributed by atoms with Crippen molar-refractivity contribution in [2.45, 2.75) is 6.42 Å². The fraction of sp³-hybridized carbons (Fsp3) is 0.0196. The number of aromatic amines is 2. The van der Waals surface area contributed by atoms with Gasteiger partial charge in [-0.25, -0.2) is 9.97 Å². The number of nitrogens with zero attached hydrogens (tertiary/aromatic N) is 3. The van der Waals surface area contributed by atoms with Gasteiger partial charge in [-0.2, -0.15) is 0 Å². The smallest absolute Gasteiger partial charge is 0.0461 e. The molecule has 282 valence electrons. The third-order valence-electron chi connectivity index (χ3n) is 9.79. The molecular weight excluding hydrogens is 829 g/mol. The quantitative estimate of drug-likeness (QED) is 0.174. The molecule has 0 saturated heterocycles. The van der Waals surface area contributed by atoms with Crippen molar-refractivity contribution in [1.82, 2.24) is 19.9 Å². The fourth-order valence-corrected chi connectivity index (χ4v) is 7.20. The van der Waals surface area contributed by atoms with Crippen molar-refractivity contribution in [3.05, 3.63) is 222 Å². The fourth-order valence-electron chi connectivity index (χ4n) is 7.20. The summed E-state index contributed by atoms with van der Waals surface area (Å²) in [6, 6.07) is 64.9. The van der Waals surface area contributed by atoms with Gasteiger partial charge < -0.3 is 14.9 Å². The first-order valence-corrected chi connectivity index (χ1v) is 18.9. The summed E-state index contributed by atoms with van der Waals surface area (Å²) in [4.78, 5) is 18.3. The number of benzene rings is 5. The van der Waals surface area contributed by atoms with E-state index in [0.717, 1.165) is 51.3 Å². The van der Waals surface area contributed by atoms with Crippen molar-refractivity contribution in [2.75, 3.05) is 4.90 Å². The summed E-state index contributed by atoms with van der Waals surface area (Å²) < 4.78 is 0. The second-order valence-corrected chi connectivity index (χ2v) is 13.7. The molecule has 0 spiro atoms. The maximum absolute atomic E-state index is 4.63. The Morgan fingerprint density at radius 3 is 0.983 bits per heavy atom. The molecule has 8 bridgehead atoms. The molecule has 0 amide bonds. The summed E-state index contributed by atoms with van der Waals surface area (Å²) in [6.45, 7) is 0. The van der Waals surface area contributed by atoms with Crippen LogP contribution in [0.3, 0.4) is 0 Å². The van der Waals surface area contributed by atoms with E-state index in [4.69, 9.17) is 0 Å². The van der Waals surface area contributed by atoms with E-state index in [1.54, 1.807) is 0 Å². The van der Waals surface area contributed by atoms with Crippen molar-refractivity contribution in [3.63, 3.8) is 0 Å². The first-order chi connectivity index (χ1) is 27.7. The molecule has 0 fully saturated rings. The predicted octanol–water partition coefficient (Wildman–Crippen LogP) is 10.7. The molecule has 3 aliphatic rings. The van der Waals surface area contributed by atoms with Crippen molar-refractivity contribution in [2.24, 2.45) is 0 Å². The summed E-state index contributed by atoms with van der Waals surface area (Å²) in [5, 5.41) is 0. The van der Waals surface area contributed by atoms with E-state index in [2.05, 4.69) is 170 Å². The first kappa shape index (κ1) is 39.7. The molecule has 2 radical (unpaired) electrons. The maximum atomic E-state index is 4.63. The molecule has 7 heteroatoms. The molecule has 5 nitrogen and oxygen atoms in total. The number of hydrogen-bond acceptors (Lipinski definition) is 3. The van der Waals surface area contributed by atoms with Crippen LogP contribution in [-0.2, 0) is 6.42 Å². The molecule has 1 aliphatic carbocycles. The number of fused-ring (bicyclic) bond motifs is 11. The first-order valence-electron chi connectivity index (χ1n) is 18.9. The third-order valence-corrected chi connectivity index (χ3v) is 9.79. The Bertz CT molecular complexity index is 2530. The number of hydrogen-bond donors (Lipinski definition) is 2. The summed E-state index contributed by atoms with van der Waals surface area (Å²) in [7, 11) is 0. The molecule has 0 saturated carbocycles. The van der Waals surface area contributed by atoms with Crippen molar-refractivity contribution in [1.29, 1.82) is 0 Å².